The van der Waals surface area contributed by atoms with Crippen LogP contribution in [0.4, 0.5) is 11.5 Å². The third-order valence-corrected chi connectivity index (χ3v) is 5.98. The van der Waals surface area contributed by atoms with Gasteiger partial charge in [0, 0.05) is 19.1 Å². The number of likely N-dealkylation sites (tertiary alicyclic amines) is 1. The third-order valence-electron chi connectivity index (χ3n) is 5.98. The van der Waals surface area contributed by atoms with Gasteiger partial charge in [0.15, 0.2) is 0 Å². The summed E-state index contributed by atoms with van der Waals surface area (Å²) in [5.74, 6) is 1.54. The molecular weight excluding hydrogens is 316 g/mol. The molecule has 1 aliphatic carbocycles. The van der Waals surface area contributed by atoms with Crippen molar-refractivity contribution in [2.24, 2.45) is 5.92 Å². The number of hydrogen-bond acceptors (Lipinski definition) is 5. The van der Waals surface area contributed by atoms with Crippen molar-refractivity contribution < 1.29 is 9.90 Å². The minimum atomic E-state index is -0.272. The van der Waals surface area contributed by atoms with E-state index in [4.69, 9.17) is 0 Å². The number of aromatic nitrogens is 1. The Morgan fingerprint density at radius 1 is 1.16 bits per heavy atom. The fourth-order valence-electron chi connectivity index (χ4n) is 4.72. The summed E-state index contributed by atoms with van der Waals surface area (Å²) < 4.78 is 0. The molecule has 1 aromatic heterocycles. The lowest BCUT2D eigenvalue weighted by molar-refractivity contribution is -0.117. The van der Waals surface area contributed by atoms with E-state index in [1.807, 2.05) is 12.1 Å². The minimum absolute atomic E-state index is 0.0210. The zero-order valence-electron chi connectivity index (χ0n) is 14.7. The number of nitrogens with one attached hydrogen (secondary N) is 1. The van der Waals surface area contributed by atoms with Crippen LogP contribution in [-0.2, 0) is 4.79 Å². The molecule has 4 rings (SSSR count). The molecule has 2 N–H and O–H groups in total. The van der Waals surface area contributed by atoms with Crippen LogP contribution in [0.2, 0.25) is 0 Å². The number of rotatable bonds is 4. The fourth-order valence-corrected chi connectivity index (χ4v) is 4.72. The molecule has 0 radical (unpaired) electrons. The molecule has 2 aliphatic heterocycles. The Kier molecular flexibility index (Phi) is 4.90. The topological polar surface area (TPSA) is 68.7 Å². The highest BCUT2D eigenvalue weighted by Gasteiger charge is 2.43. The van der Waals surface area contributed by atoms with Gasteiger partial charge >= 0.3 is 0 Å². The maximum atomic E-state index is 12.4. The van der Waals surface area contributed by atoms with Crippen LogP contribution >= 0.6 is 0 Å². The quantitative estimate of drug-likeness (QED) is 0.872. The molecule has 6 nitrogen and oxygen atoms in total. The lowest BCUT2D eigenvalue weighted by atomic mass is 10.0. The van der Waals surface area contributed by atoms with Crippen LogP contribution in [0.3, 0.4) is 0 Å². The maximum Gasteiger partial charge on any atom is 0.238 e. The fraction of sp³-hybridized carbons (Fsp3) is 0.684. The largest absolute Gasteiger partial charge is 0.391 e. The van der Waals surface area contributed by atoms with E-state index in [2.05, 4.69) is 20.1 Å². The lowest BCUT2D eigenvalue weighted by Crippen LogP contribution is -2.42. The van der Waals surface area contributed by atoms with E-state index in [-0.39, 0.29) is 18.1 Å². The molecule has 3 fully saturated rings. The van der Waals surface area contributed by atoms with Crippen molar-refractivity contribution in [1.29, 1.82) is 0 Å². The molecule has 2 saturated heterocycles. The molecule has 0 unspecified atom stereocenters. The summed E-state index contributed by atoms with van der Waals surface area (Å²) >= 11 is 0. The number of amides is 1. The summed E-state index contributed by atoms with van der Waals surface area (Å²) in [6.07, 6.45) is 8.29. The average Bonchev–Trinajstić information content (AvgIpc) is 3.20. The molecule has 0 spiro atoms. The molecule has 1 saturated carbocycles. The predicted octanol–water partition coefficient (Wildman–Crippen LogP) is 1.86. The molecule has 25 heavy (non-hydrogen) atoms. The normalized spacial score (nSPS) is 29.6. The Morgan fingerprint density at radius 2 is 2.00 bits per heavy atom. The highest BCUT2D eigenvalue weighted by atomic mass is 16.3. The molecular formula is C19H28N4O2. The molecule has 0 aromatic carbocycles. The number of aliphatic hydroxyl groups is 1. The first kappa shape index (κ1) is 16.8. The Bertz CT molecular complexity index is 600. The standard InChI is InChI=1S/C19H28N4O2/c24-16-6-4-14-8-11-23(19(14)16)13-18(25)21-15-5-7-17(20-12-15)22-9-2-1-3-10-22/h5,7,12,14,16,19,24H,1-4,6,8-11,13H2,(H,21,25)/t14-,16+,19+/m0/s1. The van der Waals surface area contributed by atoms with Gasteiger partial charge in [-0.2, -0.15) is 0 Å². The van der Waals surface area contributed by atoms with Crippen LogP contribution in [0.5, 0.6) is 0 Å². The molecule has 3 atom stereocenters. The summed E-state index contributed by atoms with van der Waals surface area (Å²) in [6.45, 7) is 3.40. The minimum Gasteiger partial charge on any atom is -0.391 e. The van der Waals surface area contributed by atoms with Gasteiger partial charge in [0.2, 0.25) is 5.91 Å². The highest BCUT2D eigenvalue weighted by Crippen LogP contribution is 2.37. The number of piperidine rings is 1. The van der Waals surface area contributed by atoms with Crippen LogP contribution in [0.15, 0.2) is 18.3 Å². The van der Waals surface area contributed by atoms with Gasteiger partial charge in [-0.25, -0.2) is 4.98 Å². The van der Waals surface area contributed by atoms with Crippen molar-refractivity contribution in [3.63, 3.8) is 0 Å². The first-order valence-corrected chi connectivity index (χ1v) is 9.64. The Balaban J connectivity index is 1.32. The lowest BCUT2D eigenvalue weighted by Gasteiger charge is -2.27. The average molecular weight is 344 g/mol. The SMILES string of the molecule is O=C(CN1CC[C@@H]2CC[C@@H](O)[C@@H]21)Nc1ccc(N2CCCCC2)nc1. The zero-order chi connectivity index (χ0) is 17.2. The van der Waals surface area contributed by atoms with E-state index in [1.54, 1.807) is 6.20 Å². The monoisotopic (exact) mass is 344 g/mol. The van der Waals surface area contributed by atoms with E-state index in [1.165, 1.54) is 19.3 Å². The first-order chi connectivity index (χ1) is 12.2. The second-order valence-electron chi connectivity index (χ2n) is 7.66. The number of pyridine rings is 1. The third kappa shape index (κ3) is 3.65. The summed E-state index contributed by atoms with van der Waals surface area (Å²) in [5.41, 5.74) is 0.744. The van der Waals surface area contributed by atoms with Crippen molar-refractivity contribution in [1.82, 2.24) is 9.88 Å². The van der Waals surface area contributed by atoms with Crippen LogP contribution in [0.1, 0.15) is 38.5 Å². The van der Waals surface area contributed by atoms with E-state index in [9.17, 15) is 9.90 Å². The summed E-state index contributed by atoms with van der Waals surface area (Å²) in [4.78, 5) is 21.3. The van der Waals surface area contributed by atoms with Gasteiger partial charge in [-0.3, -0.25) is 9.69 Å². The van der Waals surface area contributed by atoms with E-state index >= 15 is 0 Å². The smallest absolute Gasteiger partial charge is 0.238 e. The molecule has 0 bridgehead atoms. The number of hydrogen-bond donors (Lipinski definition) is 2. The Morgan fingerprint density at radius 3 is 2.76 bits per heavy atom. The summed E-state index contributed by atoms with van der Waals surface area (Å²) in [6, 6.07) is 4.10. The predicted molar refractivity (Wildman–Crippen MR) is 97.6 cm³/mol. The number of fused-ring (bicyclic) bond motifs is 1. The van der Waals surface area contributed by atoms with Crippen LogP contribution < -0.4 is 10.2 Å². The number of carbonyl (C=O) groups excluding carboxylic acids is 1. The van der Waals surface area contributed by atoms with Gasteiger partial charge in [-0.15, -0.1) is 0 Å². The van der Waals surface area contributed by atoms with Gasteiger partial charge in [0.1, 0.15) is 5.82 Å². The number of nitrogens with zero attached hydrogens (tertiary/aromatic N) is 3. The Hall–Kier alpha value is -1.66. The van der Waals surface area contributed by atoms with Crippen molar-refractivity contribution in [3.8, 4) is 0 Å². The summed E-state index contributed by atoms with van der Waals surface area (Å²) in [5, 5.41) is 13.1. The maximum absolute atomic E-state index is 12.4. The molecule has 1 aromatic rings. The first-order valence-electron chi connectivity index (χ1n) is 9.64. The second-order valence-corrected chi connectivity index (χ2v) is 7.66. The van der Waals surface area contributed by atoms with Gasteiger partial charge in [-0.1, -0.05) is 0 Å². The van der Waals surface area contributed by atoms with E-state index in [0.717, 1.165) is 50.4 Å². The molecule has 6 heteroatoms. The van der Waals surface area contributed by atoms with E-state index in [0.29, 0.717) is 12.5 Å². The van der Waals surface area contributed by atoms with Gasteiger partial charge in [0.25, 0.3) is 0 Å². The number of anilines is 2. The Labute approximate surface area is 149 Å². The number of carbonyl (C=O) groups is 1. The van der Waals surface area contributed by atoms with Gasteiger partial charge in [0.05, 0.1) is 24.5 Å². The highest BCUT2D eigenvalue weighted by molar-refractivity contribution is 5.92. The van der Waals surface area contributed by atoms with Crippen LogP contribution in [0.25, 0.3) is 0 Å². The molecule has 3 aliphatic rings. The van der Waals surface area contributed by atoms with Gasteiger partial charge in [-0.05, 0) is 63.1 Å². The summed E-state index contributed by atoms with van der Waals surface area (Å²) in [7, 11) is 0. The number of aliphatic hydroxyl groups excluding tert-OH is 1. The molecule has 136 valence electrons. The van der Waals surface area contributed by atoms with Gasteiger partial charge < -0.3 is 15.3 Å². The molecule has 3 heterocycles. The second kappa shape index (κ2) is 7.30. The zero-order valence-corrected chi connectivity index (χ0v) is 14.7. The van der Waals surface area contributed by atoms with Crippen molar-refractivity contribution in [2.45, 2.75) is 50.7 Å². The van der Waals surface area contributed by atoms with Crippen LogP contribution in [-0.4, -0.2) is 59.2 Å². The molecule has 1 amide bonds. The van der Waals surface area contributed by atoms with Crippen molar-refractivity contribution in [2.75, 3.05) is 36.4 Å². The van der Waals surface area contributed by atoms with Crippen molar-refractivity contribution >= 4 is 17.4 Å². The van der Waals surface area contributed by atoms with Crippen molar-refractivity contribution in [3.05, 3.63) is 18.3 Å². The van der Waals surface area contributed by atoms with E-state index < -0.39 is 0 Å². The van der Waals surface area contributed by atoms with Crippen LogP contribution in [0, 0.1) is 5.92 Å².